The normalized spacial score (nSPS) is 11.2. The molecule has 0 saturated heterocycles. The number of hydrogen-bond acceptors (Lipinski definition) is 5. The van der Waals surface area contributed by atoms with Gasteiger partial charge in [0.15, 0.2) is 11.5 Å². The van der Waals surface area contributed by atoms with E-state index in [2.05, 4.69) is 22.4 Å². The fourth-order valence-electron chi connectivity index (χ4n) is 3.60. The molecule has 11 heteroatoms. The summed E-state index contributed by atoms with van der Waals surface area (Å²) in [4.78, 5) is 24.3. The lowest BCUT2D eigenvalue weighted by atomic mass is 10.1. The summed E-state index contributed by atoms with van der Waals surface area (Å²) in [7, 11) is 0. The molecule has 0 fully saturated rings. The van der Waals surface area contributed by atoms with Crippen LogP contribution in [-0.4, -0.2) is 24.6 Å². The molecule has 0 aliphatic rings. The summed E-state index contributed by atoms with van der Waals surface area (Å²) < 4.78 is 50.4. The van der Waals surface area contributed by atoms with E-state index in [1.54, 1.807) is 24.3 Å². The Hall–Kier alpha value is -4.31. The molecule has 0 spiro atoms. The Balaban J connectivity index is 1.66. The van der Waals surface area contributed by atoms with Crippen LogP contribution in [0.1, 0.15) is 35.6 Å². The van der Waals surface area contributed by atoms with Crippen molar-refractivity contribution in [3.63, 3.8) is 0 Å². The van der Waals surface area contributed by atoms with Crippen LogP contribution in [0.2, 0.25) is 5.02 Å². The van der Waals surface area contributed by atoms with Gasteiger partial charge < -0.3 is 14.8 Å². The Morgan fingerprint density at radius 2 is 1.80 bits per heavy atom. The summed E-state index contributed by atoms with van der Waals surface area (Å²) >= 11 is 6.25. The molecule has 3 aromatic rings. The van der Waals surface area contributed by atoms with Crippen molar-refractivity contribution in [2.75, 3.05) is 11.9 Å². The van der Waals surface area contributed by atoms with Gasteiger partial charge in [0.2, 0.25) is 11.8 Å². The average molecular weight is 574 g/mol. The highest BCUT2D eigenvalue weighted by Crippen LogP contribution is 2.35. The van der Waals surface area contributed by atoms with Crippen molar-refractivity contribution in [3.8, 4) is 11.5 Å². The van der Waals surface area contributed by atoms with Gasteiger partial charge in [-0.05, 0) is 55.3 Å². The summed E-state index contributed by atoms with van der Waals surface area (Å²) in [6.07, 6.45) is -1.66. The van der Waals surface area contributed by atoms with Gasteiger partial charge in [-0.2, -0.15) is 18.3 Å². The van der Waals surface area contributed by atoms with E-state index >= 15 is 0 Å². The zero-order chi connectivity index (χ0) is 29.1. The van der Waals surface area contributed by atoms with E-state index in [9.17, 15) is 22.8 Å². The summed E-state index contributed by atoms with van der Waals surface area (Å²) in [5, 5.41) is 6.74. The van der Waals surface area contributed by atoms with E-state index in [1.807, 2.05) is 25.1 Å². The average Bonchev–Trinajstić information content (AvgIpc) is 2.89. The predicted octanol–water partition coefficient (Wildman–Crippen LogP) is 6.54. The minimum Gasteiger partial charge on any atom is -0.490 e. The number of nitrogens with one attached hydrogen (secondary N) is 2. The van der Waals surface area contributed by atoms with Gasteiger partial charge in [-0.15, -0.1) is 6.58 Å². The molecule has 0 aliphatic carbocycles. The third-order valence-electron chi connectivity index (χ3n) is 5.35. The first kappa shape index (κ1) is 30.2. The Bertz CT molecular complexity index is 1390. The standard InChI is InChI=1S/C29H27ClF3N3O4/c1-3-8-20-13-19(14-25(39-4-2)28(20)40-18-21-9-5-6-12-24(21)30)17-34-36-27(38)16-26(37)35-23-11-7-10-22(15-23)29(31,32)33/h3,5-7,9-15,17H,1,4,8,16,18H2,2H3,(H,35,37)(H,36,38). The summed E-state index contributed by atoms with van der Waals surface area (Å²) in [5.41, 5.74) is 3.40. The van der Waals surface area contributed by atoms with E-state index in [0.29, 0.717) is 35.1 Å². The van der Waals surface area contributed by atoms with Crippen LogP contribution in [0.25, 0.3) is 0 Å². The van der Waals surface area contributed by atoms with E-state index < -0.39 is 30.0 Å². The number of carbonyl (C=O) groups is 2. The van der Waals surface area contributed by atoms with Crippen molar-refractivity contribution >= 4 is 35.3 Å². The van der Waals surface area contributed by atoms with E-state index in [4.69, 9.17) is 21.1 Å². The van der Waals surface area contributed by atoms with Crippen molar-refractivity contribution in [3.05, 3.63) is 101 Å². The maximum atomic E-state index is 12.9. The van der Waals surface area contributed by atoms with E-state index in [1.165, 1.54) is 12.3 Å². The second-order valence-electron chi connectivity index (χ2n) is 8.41. The largest absolute Gasteiger partial charge is 0.490 e. The van der Waals surface area contributed by atoms with Crippen LogP contribution in [0, 0.1) is 0 Å². The summed E-state index contributed by atoms with van der Waals surface area (Å²) in [5.74, 6) is -0.563. The SMILES string of the molecule is C=CCc1cc(C=NNC(=O)CC(=O)Nc2cccc(C(F)(F)F)c2)cc(OCC)c1OCc1ccccc1Cl. The molecule has 7 nitrogen and oxygen atoms in total. The molecule has 3 aromatic carbocycles. The molecule has 0 heterocycles. The third-order valence-corrected chi connectivity index (χ3v) is 5.71. The Morgan fingerprint density at radius 1 is 1.02 bits per heavy atom. The molecule has 2 amide bonds. The lowest BCUT2D eigenvalue weighted by Crippen LogP contribution is -2.24. The first-order valence-electron chi connectivity index (χ1n) is 12.2. The number of amides is 2. The predicted molar refractivity (Wildman–Crippen MR) is 148 cm³/mol. The van der Waals surface area contributed by atoms with E-state index in [0.717, 1.165) is 29.3 Å². The second-order valence-corrected chi connectivity index (χ2v) is 8.82. The highest BCUT2D eigenvalue weighted by atomic mass is 35.5. The molecular weight excluding hydrogens is 547 g/mol. The molecule has 0 saturated carbocycles. The highest BCUT2D eigenvalue weighted by molar-refractivity contribution is 6.31. The van der Waals surface area contributed by atoms with Gasteiger partial charge in [0.05, 0.1) is 18.4 Å². The molecule has 0 unspecified atom stereocenters. The van der Waals surface area contributed by atoms with Gasteiger partial charge >= 0.3 is 6.18 Å². The number of allylic oxidation sites excluding steroid dienone is 1. The van der Waals surface area contributed by atoms with Crippen LogP contribution in [-0.2, 0) is 28.8 Å². The van der Waals surface area contributed by atoms with E-state index in [-0.39, 0.29) is 12.3 Å². The fourth-order valence-corrected chi connectivity index (χ4v) is 3.79. The van der Waals surface area contributed by atoms with Gasteiger partial charge in [-0.1, -0.05) is 41.9 Å². The van der Waals surface area contributed by atoms with Gasteiger partial charge in [-0.25, -0.2) is 5.43 Å². The monoisotopic (exact) mass is 573 g/mol. The molecular formula is C29H27ClF3N3O4. The smallest absolute Gasteiger partial charge is 0.416 e. The minimum absolute atomic E-state index is 0.0776. The van der Waals surface area contributed by atoms with Crippen molar-refractivity contribution < 1.29 is 32.2 Å². The first-order valence-corrected chi connectivity index (χ1v) is 12.5. The highest BCUT2D eigenvalue weighted by Gasteiger charge is 2.30. The number of rotatable bonds is 12. The zero-order valence-electron chi connectivity index (χ0n) is 21.6. The molecule has 0 radical (unpaired) electrons. The number of benzene rings is 3. The topological polar surface area (TPSA) is 89.0 Å². The van der Waals surface area contributed by atoms with Crippen LogP contribution in [0.3, 0.4) is 0 Å². The van der Waals surface area contributed by atoms with Crippen LogP contribution in [0.5, 0.6) is 11.5 Å². The van der Waals surface area contributed by atoms with Crippen molar-refractivity contribution in [2.24, 2.45) is 5.10 Å². The molecule has 40 heavy (non-hydrogen) atoms. The Labute approximate surface area is 234 Å². The fraction of sp³-hybridized carbons (Fsp3) is 0.207. The number of alkyl halides is 3. The number of hydrogen-bond donors (Lipinski definition) is 2. The number of anilines is 1. The number of halogens is 4. The van der Waals surface area contributed by atoms with Crippen LogP contribution < -0.4 is 20.2 Å². The molecule has 0 aromatic heterocycles. The summed E-state index contributed by atoms with van der Waals surface area (Å²) in [6, 6.07) is 14.9. The Kier molecular flexibility index (Phi) is 10.7. The molecule has 0 atom stereocenters. The molecule has 0 aliphatic heterocycles. The quantitative estimate of drug-likeness (QED) is 0.111. The first-order chi connectivity index (χ1) is 19.1. The van der Waals surface area contributed by atoms with Gasteiger partial charge in [0.25, 0.3) is 0 Å². The van der Waals surface area contributed by atoms with Gasteiger partial charge in [-0.3, -0.25) is 9.59 Å². The number of carbonyl (C=O) groups excluding carboxylic acids is 2. The zero-order valence-corrected chi connectivity index (χ0v) is 22.3. The minimum atomic E-state index is -4.56. The maximum Gasteiger partial charge on any atom is 0.416 e. The molecule has 0 bridgehead atoms. The van der Waals surface area contributed by atoms with Crippen molar-refractivity contribution in [1.29, 1.82) is 0 Å². The number of hydrazone groups is 1. The lowest BCUT2D eigenvalue weighted by molar-refractivity contribution is -0.137. The maximum absolute atomic E-state index is 12.9. The van der Waals surface area contributed by atoms with Crippen LogP contribution in [0.15, 0.2) is 78.4 Å². The second kappa shape index (κ2) is 14.2. The van der Waals surface area contributed by atoms with Crippen LogP contribution >= 0.6 is 11.6 Å². The molecule has 2 N–H and O–H groups in total. The van der Waals surface area contributed by atoms with Crippen molar-refractivity contribution in [2.45, 2.75) is 32.5 Å². The number of nitrogens with zero attached hydrogens (tertiary/aromatic N) is 1. The van der Waals surface area contributed by atoms with Crippen molar-refractivity contribution in [1.82, 2.24) is 5.43 Å². The molecule has 3 rings (SSSR count). The Morgan fingerprint density at radius 3 is 2.50 bits per heavy atom. The van der Waals surface area contributed by atoms with Crippen LogP contribution in [0.4, 0.5) is 18.9 Å². The lowest BCUT2D eigenvalue weighted by Gasteiger charge is -2.17. The van der Waals surface area contributed by atoms with Gasteiger partial charge in [0.1, 0.15) is 13.0 Å². The third kappa shape index (κ3) is 8.88. The van der Waals surface area contributed by atoms with Gasteiger partial charge in [0, 0.05) is 21.8 Å². The summed E-state index contributed by atoms with van der Waals surface area (Å²) in [6.45, 7) is 6.21. The number of ether oxygens (including phenoxy) is 2. The molecule has 210 valence electrons.